The fraction of sp³-hybridized carbons (Fsp3) is 0.396. The van der Waals surface area contributed by atoms with Gasteiger partial charge in [-0.15, -0.1) is 0 Å². The Kier molecular flexibility index (Phi) is 11.4. The number of nitro groups is 1. The van der Waals surface area contributed by atoms with Crippen LogP contribution in [0.4, 0.5) is 17.1 Å². The number of piperidine rings is 1. The summed E-state index contributed by atoms with van der Waals surface area (Å²) in [6.07, 6.45) is 10.7. The predicted octanol–water partition coefficient (Wildman–Crippen LogP) is 8.41. The number of piperazine rings is 1. The lowest BCUT2D eigenvalue weighted by Crippen LogP contribution is -2.47. The summed E-state index contributed by atoms with van der Waals surface area (Å²) >= 11 is 6.26. The van der Waals surface area contributed by atoms with Gasteiger partial charge in [-0.05, 0) is 116 Å². The number of nitrogens with one attached hydrogen (secondary N) is 3. The van der Waals surface area contributed by atoms with Gasteiger partial charge < -0.3 is 20.1 Å². The Hall–Kier alpha value is -5.81. The van der Waals surface area contributed by atoms with Crippen LogP contribution in [0.5, 0.6) is 0 Å². The molecule has 338 valence electrons. The normalized spacial score (nSPS) is 19.0. The van der Waals surface area contributed by atoms with E-state index in [1.807, 2.05) is 36.4 Å². The van der Waals surface area contributed by atoms with E-state index in [9.17, 15) is 23.3 Å². The highest BCUT2D eigenvalue weighted by Crippen LogP contribution is 2.43. The summed E-state index contributed by atoms with van der Waals surface area (Å²) in [5.41, 5.74) is 7.42. The lowest BCUT2D eigenvalue weighted by molar-refractivity contribution is -0.384. The molecule has 0 unspecified atom stereocenters. The summed E-state index contributed by atoms with van der Waals surface area (Å²) < 4.78 is 31.7. The van der Waals surface area contributed by atoms with E-state index in [0.29, 0.717) is 28.4 Å². The molecule has 0 atom stereocenters. The Labute approximate surface area is 383 Å². The number of nitro benzene ring substituents is 1. The highest BCUT2D eigenvalue weighted by Gasteiger charge is 2.34. The molecule has 65 heavy (non-hydrogen) atoms. The minimum Gasteiger partial charge on any atom is -0.377 e. The first kappa shape index (κ1) is 43.1. The van der Waals surface area contributed by atoms with Crippen molar-refractivity contribution in [2.24, 2.45) is 5.41 Å². The first-order valence-corrected chi connectivity index (χ1v) is 24.4. The standard InChI is InChI=1S/C48H53ClN10O5S/c1-48(2)17-13-33(40(28-48)31-3-5-34(49)6-4-31)30-55-21-23-57(24-22-55)37-9-11-39(43(26-37)58-44-25-32-14-18-50-46(32)53-42(44)29-51-58)47(60)54-65(63,64)38-10-12-41(45(27-38)59(61)62)52-35-15-19-56(20-16-35)36-7-8-36/h3-6,9-12,14,18,25-27,29,35-36,52H,7-8,13,15-17,19-24,28,30H2,1-2H3,(H,50,53)(H,54,60). The van der Waals surface area contributed by atoms with Crippen LogP contribution in [0.3, 0.4) is 0 Å². The molecule has 2 saturated heterocycles. The molecule has 1 amide bonds. The van der Waals surface area contributed by atoms with Crippen LogP contribution in [0.15, 0.2) is 95.7 Å². The van der Waals surface area contributed by atoms with Crippen LogP contribution in [-0.2, 0) is 10.0 Å². The molecule has 0 bridgehead atoms. The van der Waals surface area contributed by atoms with Crippen molar-refractivity contribution in [2.45, 2.75) is 75.8 Å². The predicted molar refractivity (Wildman–Crippen MR) is 254 cm³/mol. The number of hydrogen-bond acceptors (Lipinski definition) is 11. The van der Waals surface area contributed by atoms with Gasteiger partial charge in [-0.1, -0.05) is 43.2 Å². The number of anilines is 2. The number of allylic oxidation sites excluding steroid dienone is 1. The van der Waals surface area contributed by atoms with Crippen molar-refractivity contribution < 1.29 is 18.1 Å². The summed E-state index contributed by atoms with van der Waals surface area (Å²) in [5, 5.41) is 21.8. The first-order chi connectivity index (χ1) is 31.3. The summed E-state index contributed by atoms with van der Waals surface area (Å²) in [7, 11) is -4.56. The Bertz CT molecular complexity index is 2940. The number of sulfonamides is 1. The molecule has 2 aliphatic heterocycles. The van der Waals surface area contributed by atoms with Crippen LogP contribution < -0.4 is 14.9 Å². The van der Waals surface area contributed by atoms with E-state index >= 15 is 0 Å². The number of fused-ring (bicyclic) bond motifs is 2. The molecule has 0 spiro atoms. The fourth-order valence-electron chi connectivity index (χ4n) is 9.85. The van der Waals surface area contributed by atoms with E-state index in [1.54, 1.807) is 23.1 Å². The Morgan fingerprint density at radius 1 is 0.954 bits per heavy atom. The maximum atomic E-state index is 14.3. The summed E-state index contributed by atoms with van der Waals surface area (Å²) in [6, 6.07) is 21.8. The zero-order valence-corrected chi connectivity index (χ0v) is 38.2. The van der Waals surface area contributed by atoms with Crippen molar-refractivity contribution in [2.75, 3.05) is 56.0 Å². The second-order valence-electron chi connectivity index (χ2n) is 18.8. The molecule has 3 aromatic heterocycles. The number of halogens is 1. The number of likely N-dealkylation sites (tertiary alicyclic amines) is 1. The maximum absolute atomic E-state index is 14.3. The van der Waals surface area contributed by atoms with E-state index in [0.717, 1.165) is 100 Å². The van der Waals surface area contributed by atoms with Gasteiger partial charge in [0.15, 0.2) is 0 Å². The number of carbonyl (C=O) groups is 1. The molecule has 6 aromatic rings. The van der Waals surface area contributed by atoms with Crippen LogP contribution >= 0.6 is 11.6 Å². The van der Waals surface area contributed by atoms with Gasteiger partial charge in [0, 0.05) is 86.3 Å². The quantitative estimate of drug-likeness (QED) is 0.0795. The SMILES string of the molecule is CC1(C)CCC(CN2CCN(c3ccc(C(=O)NS(=O)(=O)c4ccc(NC5CCN(C6CC6)CC5)c([N+](=O)[O-])c4)c(-n4ncc5nc6[nH]ccc6cc54)c3)CC2)=C(c2ccc(Cl)cc2)C1. The van der Waals surface area contributed by atoms with E-state index in [2.05, 4.69) is 60.8 Å². The Morgan fingerprint density at radius 3 is 2.46 bits per heavy atom. The number of rotatable bonds is 12. The fourth-order valence-corrected chi connectivity index (χ4v) is 11.0. The zero-order chi connectivity index (χ0) is 45.0. The number of aromatic amines is 1. The number of H-pyrrole nitrogens is 1. The second kappa shape index (κ2) is 17.2. The number of carbonyl (C=O) groups excluding carboxylic acids is 1. The largest absolute Gasteiger partial charge is 0.377 e. The number of aromatic nitrogens is 4. The summed E-state index contributed by atoms with van der Waals surface area (Å²) in [5.74, 6) is -0.900. The minimum atomic E-state index is -4.56. The maximum Gasteiger partial charge on any atom is 0.293 e. The molecular weight excluding hydrogens is 864 g/mol. The third-order valence-corrected chi connectivity index (χ3v) is 15.3. The summed E-state index contributed by atoms with van der Waals surface area (Å²) in [6.45, 7) is 10.5. The molecule has 3 fully saturated rings. The number of nitrogens with zero attached hydrogens (tertiary/aromatic N) is 7. The molecule has 1 saturated carbocycles. The van der Waals surface area contributed by atoms with Gasteiger partial charge in [0.05, 0.1) is 32.8 Å². The lowest BCUT2D eigenvalue weighted by atomic mass is 9.72. The third-order valence-electron chi connectivity index (χ3n) is 13.7. The van der Waals surface area contributed by atoms with Crippen LogP contribution in [0.1, 0.15) is 74.7 Å². The molecule has 10 rings (SSSR count). The lowest BCUT2D eigenvalue weighted by Gasteiger charge is -2.39. The summed E-state index contributed by atoms with van der Waals surface area (Å²) in [4.78, 5) is 40.7. The highest BCUT2D eigenvalue weighted by molar-refractivity contribution is 7.90. The van der Waals surface area contributed by atoms with Crippen LogP contribution in [0, 0.1) is 15.5 Å². The van der Waals surface area contributed by atoms with Crippen molar-refractivity contribution in [3.05, 3.63) is 117 Å². The molecule has 17 heteroatoms. The highest BCUT2D eigenvalue weighted by atomic mass is 35.5. The van der Waals surface area contributed by atoms with E-state index < -0.39 is 20.9 Å². The van der Waals surface area contributed by atoms with Gasteiger partial charge in [0.25, 0.3) is 21.6 Å². The molecule has 4 aliphatic rings. The Balaban J connectivity index is 0.902. The molecule has 3 N–H and O–H groups in total. The number of benzene rings is 3. The minimum absolute atomic E-state index is 0.0269. The van der Waals surface area contributed by atoms with E-state index in [1.165, 1.54) is 41.7 Å². The monoisotopic (exact) mass is 916 g/mol. The Morgan fingerprint density at radius 2 is 1.72 bits per heavy atom. The molecule has 0 radical (unpaired) electrons. The van der Waals surface area contributed by atoms with Gasteiger partial charge in [-0.2, -0.15) is 5.10 Å². The van der Waals surface area contributed by atoms with Gasteiger partial charge in [-0.3, -0.25) is 19.8 Å². The van der Waals surface area contributed by atoms with Crippen molar-refractivity contribution in [1.82, 2.24) is 34.3 Å². The zero-order valence-electron chi connectivity index (χ0n) is 36.6. The van der Waals surface area contributed by atoms with Gasteiger partial charge in [-0.25, -0.2) is 22.8 Å². The van der Waals surface area contributed by atoms with Crippen LogP contribution in [0.2, 0.25) is 5.02 Å². The number of pyridine rings is 1. The molecule has 15 nitrogen and oxygen atoms in total. The number of amides is 1. The van der Waals surface area contributed by atoms with Crippen molar-refractivity contribution in [3.8, 4) is 5.69 Å². The van der Waals surface area contributed by atoms with Crippen LogP contribution in [0.25, 0.3) is 33.3 Å². The molecule has 5 heterocycles. The molecule has 2 aliphatic carbocycles. The average molecular weight is 918 g/mol. The average Bonchev–Trinajstić information content (AvgIpc) is 3.91. The van der Waals surface area contributed by atoms with Gasteiger partial charge in [0.1, 0.15) is 16.9 Å². The van der Waals surface area contributed by atoms with Crippen molar-refractivity contribution >= 4 is 72.2 Å². The van der Waals surface area contributed by atoms with Crippen LogP contribution in [-0.4, -0.2) is 107 Å². The van der Waals surface area contributed by atoms with Gasteiger partial charge >= 0.3 is 0 Å². The van der Waals surface area contributed by atoms with Crippen molar-refractivity contribution in [3.63, 3.8) is 0 Å². The van der Waals surface area contributed by atoms with E-state index in [-0.39, 0.29) is 33.3 Å². The molecular formula is C48H53ClN10O5S. The topological polar surface area (TPSA) is 175 Å². The first-order valence-electron chi connectivity index (χ1n) is 22.5. The van der Waals surface area contributed by atoms with E-state index in [4.69, 9.17) is 16.6 Å². The second-order valence-corrected chi connectivity index (χ2v) is 20.9. The van der Waals surface area contributed by atoms with Crippen molar-refractivity contribution in [1.29, 1.82) is 0 Å². The smallest absolute Gasteiger partial charge is 0.293 e. The number of hydrogen-bond donors (Lipinski definition) is 3. The molecule has 3 aromatic carbocycles. The van der Waals surface area contributed by atoms with Gasteiger partial charge in [0.2, 0.25) is 0 Å². The third kappa shape index (κ3) is 9.09.